The lowest BCUT2D eigenvalue weighted by atomic mass is 10.1. The van der Waals surface area contributed by atoms with Gasteiger partial charge >= 0.3 is 6.01 Å². The molecular formula is C14H23N3O3. The van der Waals surface area contributed by atoms with Gasteiger partial charge in [0.1, 0.15) is 12.7 Å². The van der Waals surface area contributed by atoms with Gasteiger partial charge in [0.2, 0.25) is 5.88 Å². The quantitative estimate of drug-likeness (QED) is 0.850. The summed E-state index contributed by atoms with van der Waals surface area (Å²) in [6.45, 7) is 8.85. The predicted molar refractivity (Wildman–Crippen MR) is 75.1 cm³/mol. The highest BCUT2D eigenvalue weighted by Crippen LogP contribution is 2.16. The first-order valence-electron chi connectivity index (χ1n) is 7.06. The number of hydrogen-bond acceptors (Lipinski definition) is 6. The van der Waals surface area contributed by atoms with Crippen LogP contribution in [0.4, 0.5) is 0 Å². The third-order valence-electron chi connectivity index (χ3n) is 2.87. The summed E-state index contributed by atoms with van der Waals surface area (Å²) in [4.78, 5) is 8.28. The second-order valence-electron chi connectivity index (χ2n) is 5.47. The molecule has 0 aliphatic carbocycles. The van der Waals surface area contributed by atoms with E-state index in [0.29, 0.717) is 25.1 Å². The minimum Gasteiger partial charge on any atom is -0.478 e. The zero-order chi connectivity index (χ0) is 14.4. The molecule has 1 aromatic rings. The van der Waals surface area contributed by atoms with E-state index in [9.17, 15) is 0 Å². The van der Waals surface area contributed by atoms with Gasteiger partial charge in [0.15, 0.2) is 0 Å². The molecule has 6 nitrogen and oxygen atoms in total. The molecule has 1 aliphatic rings. The van der Waals surface area contributed by atoms with Crippen molar-refractivity contribution in [3.05, 3.63) is 12.3 Å². The van der Waals surface area contributed by atoms with Gasteiger partial charge in [-0.15, -0.1) is 0 Å². The summed E-state index contributed by atoms with van der Waals surface area (Å²) >= 11 is 0. The molecule has 1 unspecified atom stereocenters. The summed E-state index contributed by atoms with van der Waals surface area (Å²) in [6, 6.07) is 2.05. The van der Waals surface area contributed by atoms with Crippen LogP contribution in [0.2, 0.25) is 0 Å². The van der Waals surface area contributed by atoms with E-state index in [-0.39, 0.29) is 11.7 Å². The van der Waals surface area contributed by atoms with Gasteiger partial charge in [-0.3, -0.25) is 0 Å². The van der Waals surface area contributed by atoms with Crippen molar-refractivity contribution < 1.29 is 14.2 Å². The molecule has 1 aromatic heterocycles. The molecule has 112 valence electrons. The van der Waals surface area contributed by atoms with E-state index >= 15 is 0 Å². The van der Waals surface area contributed by atoms with Crippen molar-refractivity contribution in [1.82, 2.24) is 15.3 Å². The van der Waals surface area contributed by atoms with Crippen LogP contribution in [0.3, 0.4) is 0 Å². The van der Waals surface area contributed by atoms with Crippen LogP contribution in [0.5, 0.6) is 11.9 Å². The van der Waals surface area contributed by atoms with Crippen LogP contribution < -0.4 is 14.8 Å². The highest BCUT2D eigenvalue weighted by Gasteiger charge is 2.28. The topological polar surface area (TPSA) is 65.5 Å². The Kier molecular flexibility index (Phi) is 5.14. The lowest BCUT2D eigenvalue weighted by Crippen LogP contribution is -2.52. The Balaban J connectivity index is 1.84. The molecule has 1 fully saturated rings. The van der Waals surface area contributed by atoms with Gasteiger partial charge in [-0.05, 0) is 20.3 Å². The number of rotatable bonds is 6. The van der Waals surface area contributed by atoms with Crippen molar-refractivity contribution in [2.24, 2.45) is 0 Å². The fourth-order valence-electron chi connectivity index (χ4n) is 2.01. The maximum atomic E-state index is 5.92. The highest BCUT2D eigenvalue weighted by molar-refractivity contribution is 5.11. The Hall–Kier alpha value is -1.40. The average molecular weight is 281 g/mol. The van der Waals surface area contributed by atoms with Crippen molar-refractivity contribution in [2.75, 3.05) is 26.3 Å². The molecule has 0 spiro atoms. The minimum absolute atomic E-state index is 0.00238. The monoisotopic (exact) mass is 281 g/mol. The Bertz CT molecular complexity index is 426. The van der Waals surface area contributed by atoms with E-state index < -0.39 is 0 Å². The third-order valence-corrected chi connectivity index (χ3v) is 2.87. The number of aromatic nitrogens is 2. The van der Waals surface area contributed by atoms with Gasteiger partial charge in [0.05, 0.1) is 12.2 Å². The molecule has 6 heteroatoms. The molecule has 1 saturated heterocycles. The van der Waals surface area contributed by atoms with Crippen LogP contribution in [0.15, 0.2) is 12.3 Å². The molecule has 2 heterocycles. The van der Waals surface area contributed by atoms with E-state index in [1.54, 1.807) is 12.3 Å². The second-order valence-corrected chi connectivity index (χ2v) is 5.47. The summed E-state index contributed by atoms with van der Waals surface area (Å²) in [5, 5.41) is 3.33. The molecule has 1 N–H and O–H groups in total. The summed E-state index contributed by atoms with van der Waals surface area (Å²) < 4.78 is 17.0. The Labute approximate surface area is 119 Å². The number of nitrogens with one attached hydrogen (secondary N) is 1. The van der Waals surface area contributed by atoms with Crippen LogP contribution in [-0.4, -0.2) is 48.0 Å². The molecule has 0 amide bonds. The maximum Gasteiger partial charge on any atom is 0.319 e. The molecule has 2 rings (SSSR count). The predicted octanol–water partition coefficient (Wildman–Crippen LogP) is 1.41. The number of hydrogen-bond donors (Lipinski definition) is 1. The molecule has 0 bridgehead atoms. The van der Waals surface area contributed by atoms with E-state index in [0.717, 1.165) is 19.5 Å². The normalized spacial score (nSPS) is 21.4. The van der Waals surface area contributed by atoms with Gasteiger partial charge in [0.25, 0.3) is 0 Å². The summed E-state index contributed by atoms with van der Waals surface area (Å²) in [5.41, 5.74) is -0.167. The SMILES string of the molecule is CCCOc1ccnc(OCC2CNCC(C)(C)O2)n1. The summed E-state index contributed by atoms with van der Waals surface area (Å²) in [5.74, 6) is 0.542. The molecular weight excluding hydrogens is 258 g/mol. The first-order valence-corrected chi connectivity index (χ1v) is 7.06. The zero-order valence-electron chi connectivity index (χ0n) is 12.4. The van der Waals surface area contributed by atoms with Crippen molar-refractivity contribution in [1.29, 1.82) is 0 Å². The minimum atomic E-state index is -0.167. The Morgan fingerprint density at radius 1 is 1.45 bits per heavy atom. The number of ether oxygens (including phenoxy) is 3. The molecule has 1 atom stereocenters. The second kappa shape index (κ2) is 6.85. The van der Waals surface area contributed by atoms with Crippen LogP contribution in [0.1, 0.15) is 27.2 Å². The fraction of sp³-hybridized carbons (Fsp3) is 0.714. The zero-order valence-corrected chi connectivity index (χ0v) is 12.4. The van der Waals surface area contributed by atoms with Gasteiger partial charge in [-0.25, -0.2) is 4.98 Å². The fourth-order valence-corrected chi connectivity index (χ4v) is 2.01. The third kappa shape index (κ3) is 4.61. The van der Waals surface area contributed by atoms with Crippen molar-refractivity contribution in [2.45, 2.75) is 38.9 Å². The maximum absolute atomic E-state index is 5.92. The molecule has 0 radical (unpaired) electrons. The molecule has 0 aromatic carbocycles. The largest absolute Gasteiger partial charge is 0.478 e. The molecule has 20 heavy (non-hydrogen) atoms. The Morgan fingerprint density at radius 2 is 2.30 bits per heavy atom. The van der Waals surface area contributed by atoms with Gasteiger partial charge < -0.3 is 19.5 Å². The smallest absolute Gasteiger partial charge is 0.319 e. The Morgan fingerprint density at radius 3 is 3.05 bits per heavy atom. The van der Waals surface area contributed by atoms with Crippen molar-refractivity contribution in [3.8, 4) is 11.9 Å². The summed E-state index contributed by atoms with van der Waals surface area (Å²) in [7, 11) is 0. The number of morpholine rings is 1. The van der Waals surface area contributed by atoms with Crippen LogP contribution in [-0.2, 0) is 4.74 Å². The summed E-state index contributed by atoms with van der Waals surface area (Å²) in [6.07, 6.45) is 2.58. The number of nitrogens with zero attached hydrogens (tertiary/aromatic N) is 2. The highest BCUT2D eigenvalue weighted by atomic mass is 16.6. The van der Waals surface area contributed by atoms with Gasteiger partial charge in [-0.2, -0.15) is 4.98 Å². The lowest BCUT2D eigenvalue weighted by Gasteiger charge is -2.36. The molecule has 1 aliphatic heterocycles. The average Bonchev–Trinajstić information content (AvgIpc) is 2.42. The molecule has 0 saturated carbocycles. The van der Waals surface area contributed by atoms with Gasteiger partial charge in [0, 0.05) is 25.4 Å². The van der Waals surface area contributed by atoms with Crippen LogP contribution >= 0.6 is 0 Å². The van der Waals surface area contributed by atoms with E-state index in [1.165, 1.54) is 0 Å². The first-order chi connectivity index (χ1) is 9.59. The first kappa shape index (κ1) is 15.0. The van der Waals surface area contributed by atoms with Crippen LogP contribution in [0, 0.1) is 0 Å². The van der Waals surface area contributed by atoms with E-state index in [1.807, 2.05) is 6.92 Å². The van der Waals surface area contributed by atoms with Crippen LogP contribution in [0.25, 0.3) is 0 Å². The van der Waals surface area contributed by atoms with Crippen molar-refractivity contribution in [3.63, 3.8) is 0 Å². The van der Waals surface area contributed by atoms with Gasteiger partial charge in [-0.1, -0.05) is 6.92 Å². The van der Waals surface area contributed by atoms with Crippen molar-refractivity contribution >= 4 is 0 Å². The standard InChI is InChI=1S/C14H23N3O3/c1-4-7-18-12-5-6-16-13(17-12)19-9-11-8-15-10-14(2,3)20-11/h5-6,11,15H,4,7-10H2,1-3H3. The lowest BCUT2D eigenvalue weighted by molar-refractivity contribution is -0.107. The van der Waals surface area contributed by atoms with E-state index in [2.05, 4.69) is 29.1 Å². The van der Waals surface area contributed by atoms with E-state index in [4.69, 9.17) is 14.2 Å².